The van der Waals surface area contributed by atoms with Gasteiger partial charge in [0.15, 0.2) is 0 Å². The van der Waals surface area contributed by atoms with Crippen molar-refractivity contribution in [1.29, 1.82) is 0 Å². The van der Waals surface area contributed by atoms with Crippen LogP contribution in [-0.4, -0.2) is 34.7 Å². The van der Waals surface area contributed by atoms with Crippen LogP contribution in [0.2, 0.25) is 0 Å². The highest BCUT2D eigenvalue weighted by Gasteiger charge is 2.22. The Kier molecular flexibility index (Phi) is 11.2. The fourth-order valence-corrected chi connectivity index (χ4v) is 4.41. The molecule has 0 unspecified atom stereocenters. The van der Waals surface area contributed by atoms with Gasteiger partial charge in [-0.1, -0.05) is 50.8 Å². The quantitative estimate of drug-likeness (QED) is 0.253. The van der Waals surface area contributed by atoms with Crippen LogP contribution in [0.25, 0.3) is 0 Å². The lowest BCUT2D eigenvalue weighted by Crippen LogP contribution is -2.42. The number of thiophene rings is 1. The molecular weight excluding hydrogens is 423 g/mol. The molecule has 0 N–H and O–H groups in total. The lowest BCUT2D eigenvalue weighted by atomic mass is 10.1. The Bertz CT molecular complexity index is 863. The summed E-state index contributed by atoms with van der Waals surface area (Å²) in [5, 5.41) is 2.01. The zero-order chi connectivity index (χ0) is 23.3. The normalized spacial score (nSPS) is 10.7. The van der Waals surface area contributed by atoms with Crippen molar-refractivity contribution in [3.8, 4) is 0 Å². The van der Waals surface area contributed by atoms with E-state index in [9.17, 15) is 14.0 Å². The Morgan fingerprint density at radius 3 is 2.34 bits per heavy atom. The van der Waals surface area contributed by atoms with Crippen LogP contribution in [0, 0.1) is 12.7 Å². The van der Waals surface area contributed by atoms with E-state index in [0.717, 1.165) is 35.3 Å². The molecule has 2 rings (SSSR count). The number of carbonyl (C=O) groups is 2. The van der Waals surface area contributed by atoms with Crippen LogP contribution in [0.4, 0.5) is 4.39 Å². The molecule has 2 amide bonds. The average molecular weight is 459 g/mol. The third-order valence-electron chi connectivity index (χ3n) is 5.46. The molecule has 6 heteroatoms. The van der Waals surface area contributed by atoms with Crippen molar-refractivity contribution >= 4 is 23.2 Å². The summed E-state index contributed by atoms with van der Waals surface area (Å²) in [6.45, 7) is 9.14. The van der Waals surface area contributed by atoms with Gasteiger partial charge in [-0.25, -0.2) is 4.39 Å². The van der Waals surface area contributed by atoms with Crippen molar-refractivity contribution in [2.75, 3.05) is 13.1 Å². The number of hydrogen-bond acceptors (Lipinski definition) is 3. The summed E-state index contributed by atoms with van der Waals surface area (Å²) in [5.41, 5.74) is 1.99. The van der Waals surface area contributed by atoms with Crippen molar-refractivity contribution in [3.63, 3.8) is 0 Å². The van der Waals surface area contributed by atoms with Gasteiger partial charge in [-0.05, 0) is 48.1 Å². The molecule has 0 aliphatic rings. The van der Waals surface area contributed by atoms with E-state index in [1.54, 1.807) is 39.3 Å². The van der Waals surface area contributed by atoms with Gasteiger partial charge < -0.3 is 9.80 Å². The van der Waals surface area contributed by atoms with Gasteiger partial charge in [-0.2, -0.15) is 0 Å². The van der Waals surface area contributed by atoms with Gasteiger partial charge in [0.05, 0.1) is 6.54 Å². The topological polar surface area (TPSA) is 40.6 Å². The molecule has 1 heterocycles. The van der Waals surface area contributed by atoms with E-state index in [1.165, 1.54) is 25.0 Å². The summed E-state index contributed by atoms with van der Waals surface area (Å²) >= 11 is 1.61. The molecule has 2 aromatic rings. The van der Waals surface area contributed by atoms with Gasteiger partial charge in [-0.15, -0.1) is 17.9 Å². The average Bonchev–Trinajstić information content (AvgIpc) is 3.18. The summed E-state index contributed by atoms with van der Waals surface area (Å²) in [5.74, 6) is -0.436. The molecular formula is C26H35FN2O2S. The third kappa shape index (κ3) is 8.58. The Hall–Kier alpha value is -2.47. The first kappa shape index (κ1) is 25.8. The van der Waals surface area contributed by atoms with Gasteiger partial charge in [-0.3, -0.25) is 9.59 Å². The summed E-state index contributed by atoms with van der Waals surface area (Å²) in [6.07, 6.45) is 7.47. The van der Waals surface area contributed by atoms with Gasteiger partial charge in [0.25, 0.3) is 0 Å². The van der Waals surface area contributed by atoms with E-state index in [1.807, 2.05) is 18.4 Å². The first-order valence-electron chi connectivity index (χ1n) is 11.4. The van der Waals surface area contributed by atoms with Crippen LogP contribution in [0.15, 0.2) is 48.4 Å². The number of rotatable bonds is 14. The number of nitrogens with zero attached hydrogens (tertiary/aromatic N) is 2. The monoisotopic (exact) mass is 458 g/mol. The molecule has 0 fully saturated rings. The van der Waals surface area contributed by atoms with Crippen molar-refractivity contribution in [2.45, 2.75) is 65.5 Å². The second-order valence-corrected chi connectivity index (χ2v) is 9.13. The Labute approximate surface area is 195 Å². The molecule has 1 aromatic carbocycles. The summed E-state index contributed by atoms with van der Waals surface area (Å²) < 4.78 is 13.3. The maximum atomic E-state index is 13.3. The number of carbonyl (C=O) groups excluding carboxylic acids is 2. The minimum Gasteiger partial charge on any atom is -0.332 e. The van der Waals surface area contributed by atoms with E-state index in [-0.39, 0.29) is 24.2 Å². The standard InChI is InChI=1S/C26H35FN2O2S/c1-4-6-7-8-9-10-25(30)28(16-5-2)20-26(31)29(19-24-21(3)15-17-32-24)18-22-11-13-23(27)14-12-22/h5,11-15,17H,2,4,6-10,16,18-20H2,1,3H3. The predicted molar refractivity (Wildman–Crippen MR) is 130 cm³/mol. The molecule has 0 aliphatic heterocycles. The molecule has 0 saturated heterocycles. The molecule has 0 atom stereocenters. The van der Waals surface area contributed by atoms with Crippen LogP contribution < -0.4 is 0 Å². The van der Waals surface area contributed by atoms with E-state index < -0.39 is 0 Å². The molecule has 0 bridgehead atoms. The minimum atomic E-state index is -0.303. The summed E-state index contributed by atoms with van der Waals surface area (Å²) in [4.78, 5) is 30.5. The maximum Gasteiger partial charge on any atom is 0.242 e. The number of benzene rings is 1. The number of halogens is 1. The SMILES string of the molecule is C=CCN(CC(=O)N(Cc1ccc(F)cc1)Cc1sccc1C)C(=O)CCCCCCC. The maximum absolute atomic E-state index is 13.3. The fourth-order valence-electron chi connectivity index (χ4n) is 3.49. The van der Waals surface area contributed by atoms with Gasteiger partial charge >= 0.3 is 0 Å². The number of amides is 2. The summed E-state index contributed by atoms with van der Waals surface area (Å²) in [7, 11) is 0. The predicted octanol–water partition coefficient (Wildman–Crippen LogP) is 6.10. The minimum absolute atomic E-state index is 0.0104. The van der Waals surface area contributed by atoms with Crippen LogP contribution in [0.1, 0.15) is 61.5 Å². The summed E-state index contributed by atoms with van der Waals surface area (Å²) in [6, 6.07) is 8.23. The van der Waals surface area contributed by atoms with Crippen LogP contribution in [0.5, 0.6) is 0 Å². The molecule has 0 saturated carbocycles. The zero-order valence-electron chi connectivity index (χ0n) is 19.3. The Balaban J connectivity index is 2.07. The highest BCUT2D eigenvalue weighted by atomic mass is 32.1. The molecule has 0 aliphatic carbocycles. The first-order valence-corrected chi connectivity index (χ1v) is 12.3. The lowest BCUT2D eigenvalue weighted by Gasteiger charge is -2.27. The second-order valence-electron chi connectivity index (χ2n) is 8.13. The molecule has 0 radical (unpaired) electrons. The first-order chi connectivity index (χ1) is 15.4. The van der Waals surface area contributed by atoms with Crippen LogP contribution in [0.3, 0.4) is 0 Å². The number of unbranched alkanes of at least 4 members (excludes halogenated alkanes) is 4. The zero-order valence-corrected chi connectivity index (χ0v) is 20.1. The highest BCUT2D eigenvalue weighted by molar-refractivity contribution is 7.10. The van der Waals surface area contributed by atoms with Crippen LogP contribution >= 0.6 is 11.3 Å². The number of hydrogen-bond donors (Lipinski definition) is 0. The lowest BCUT2D eigenvalue weighted by molar-refractivity contribution is -0.140. The van der Waals surface area contributed by atoms with E-state index >= 15 is 0 Å². The molecule has 1 aromatic heterocycles. The van der Waals surface area contributed by atoms with Crippen LogP contribution in [-0.2, 0) is 22.7 Å². The molecule has 0 spiro atoms. The highest BCUT2D eigenvalue weighted by Crippen LogP contribution is 2.20. The fraction of sp³-hybridized carbons (Fsp3) is 0.462. The van der Waals surface area contributed by atoms with Crippen molar-refractivity contribution in [3.05, 3.63) is 70.2 Å². The number of aryl methyl sites for hydroxylation is 1. The van der Waals surface area contributed by atoms with E-state index in [0.29, 0.717) is 26.1 Å². The third-order valence-corrected chi connectivity index (χ3v) is 6.47. The van der Waals surface area contributed by atoms with Crippen molar-refractivity contribution in [1.82, 2.24) is 9.80 Å². The van der Waals surface area contributed by atoms with Crippen molar-refractivity contribution < 1.29 is 14.0 Å². The van der Waals surface area contributed by atoms with Gasteiger partial charge in [0, 0.05) is 24.4 Å². The Morgan fingerprint density at radius 2 is 1.72 bits per heavy atom. The molecule has 32 heavy (non-hydrogen) atoms. The molecule has 4 nitrogen and oxygen atoms in total. The smallest absolute Gasteiger partial charge is 0.242 e. The van der Waals surface area contributed by atoms with Gasteiger partial charge in [0.1, 0.15) is 12.4 Å². The largest absolute Gasteiger partial charge is 0.332 e. The van der Waals surface area contributed by atoms with Gasteiger partial charge in [0.2, 0.25) is 11.8 Å². The van der Waals surface area contributed by atoms with E-state index in [4.69, 9.17) is 0 Å². The molecule has 174 valence electrons. The Morgan fingerprint density at radius 1 is 1.00 bits per heavy atom. The second kappa shape index (κ2) is 13.8. The van der Waals surface area contributed by atoms with Crippen molar-refractivity contribution in [2.24, 2.45) is 0 Å². The van der Waals surface area contributed by atoms with E-state index in [2.05, 4.69) is 13.5 Å².